The molecule has 0 fully saturated rings. The first-order valence-electron chi connectivity index (χ1n) is 6.16. The summed E-state index contributed by atoms with van der Waals surface area (Å²) in [5.41, 5.74) is 6.53. The van der Waals surface area contributed by atoms with E-state index in [4.69, 9.17) is 10.5 Å². The van der Waals surface area contributed by atoms with Crippen LogP contribution in [0.3, 0.4) is 0 Å². The minimum atomic E-state index is -3.11. The average molecular weight is 300 g/mol. The smallest absolute Gasteiger partial charge is 0.237 e. The Bertz CT molecular complexity index is 557. The molecule has 1 amide bonds. The van der Waals surface area contributed by atoms with E-state index < -0.39 is 15.9 Å². The van der Waals surface area contributed by atoms with Gasteiger partial charge in [-0.05, 0) is 24.1 Å². The maximum Gasteiger partial charge on any atom is 0.237 e. The third kappa shape index (κ3) is 6.03. The molecule has 1 aromatic rings. The van der Waals surface area contributed by atoms with Crippen LogP contribution in [0.2, 0.25) is 0 Å². The quantitative estimate of drug-likeness (QED) is 0.742. The number of rotatable bonds is 7. The second-order valence-electron chi connectivity index (χ2n) is 4.59. The molecule has 0 spiro atoms. The number of ether oxygens (including phenoxy) is 1. The molecule has 0 saturated heterocycles. The van der Waals surface area contributed by atoms with Crippen LogP contribution in [0.4, 0.5) is 0 Å². The molecule has 1 rings (SSSR count). The number of carbonyl (C=O) groups is 1. The number of sulfone groups is 1. The molecule has 0 aliphatic carbocycles. The Morgan fingerprint density at radius 1 is 1.45 bits per heavy atom. The zero-order chi connectivity index (χ0) is 15.2. The fraction of sp³-hybridized carbons (Fsp3) is 0.462. The van der Waals surface area contributed by atoms with E-state index in [1.807, 2.05) is 24.3 Å². The number of benzene rings is 1. The van der Waals surface area contributed by atoms with Gasteiger partial charge in [0.15, 0.2) is 0 Å². The van der Waals surface area contributed by atoms with Crippen LogP contribution in [-0.4, -0.2) is 39.5 Å². The topological polar surface area (TPSA) is 98.5 Å². The molecule has 20 heavy (non-hydrogen) atoms. The van der Waals surface area contributed by atoms with Crippen molar-refractivity contribution in [1.29, 1.82) is 0 Å². The normalized spacial score (nSPS) is 12.8. The summed E-state index contributed by atoms with van der Waals surface area (Å²) < 4.78 is 27.1. The summed E-state index contributed by atoms with van der Waals surface area (Å²) in [6.45, 7) is 0.322. The van der Waals surface area contributed by atoms with Gasteiger partial charge in [-0.1, -0.05) is 12.1 Å². The Hall–Kier alpha value is -1.60. The lowest BCUT2D eigenvalue weighted by Crippen LogP contribution is -2.41. The molecular formula is C13H20N2O4S. The van der Waals surface area contributed by atoms with Gasteiger partial charge in [-0.25, -0.2) is 8.42 Å². The van der Waals surface area contributed by atoms with Crippen LogP contribution >= 0.6 is 0 Å². The third-order valence-electron chi connectivity index (χ3n) is 2.74. The predicted octanol–water partition coefficient (Wildman–Crippen LogP) is 0.0734. The fourth-order valence-electron chi connectivity index (χ4n) is 1.57. The molecule has 6 nitrogen and oxygen atoms in total. The van der Waals surface area contributed by atoms with Crippen molar-refractivity contribution in [3.05, 3.63) is 29.8 Å². The number of nitrogens with one attached hydrogen (secondary N) is 1. The Morgan fingerprint density at radius 3 is 2.75 bits per heavy atom. The molecule has 0 aliphatic heterocycles. The molecule has 1 aromatic carbocycles. The molecule has 112 valence electrons. The lowest BCUT2D eigenvalue weighted by atomic mass is 10.2. The first kappa shape index (κ1) is 16.5. The summed E-state index contributed by atoms with van der Waals surface area (Å²) in [5, 5.41) is 2.67. The van der Waals surface area contributed by atoms with Crippen molar-refractivity contribution < 1.29 is 17.9 Å². The summed E-state index contributed by atoms with van der Waals surface area (Å²) in [6.07, 6.45) is 1.23. The summed E-state index contributed by atoms with van der Waals surface area (Å²) in [5.74, 6) is 0.246. The van der Waals surface area contributed by atoms with Crippen molar-refractivity contribution in [2.75, 3.05) is 19.1 Å². The van der Waals surface area contributed by atoms with E-state index in [1.165, 1.54) is 0 Å². The van der Waals surface area contributed by atoms with E-state index in [0.717, 1.165) is 11.8 Å². The van der Waals surface area contributed by atoms with Gasteiger partial charge >= 0.3 is 0 Å². The molecule has 1 unspecified atom stereocenters. The Labute approximate surface area is 119 Å². The van der Waals surface area contributed by atoms with Gasteiger partial charge in [0.25, 0.3) is 0 Å². The molecule has 0 saturated carbocycles. The van der Waals surface area contributed by atoms with Crippen LogP contribution in [0.15, 0.2) is 24.3 Å². The van der Waals surface area contributed by atoms with Gasteiger partial charge in [-0.15, -0.1) is 0 Å². The fourth-order valence-corrected chi connectivity index (χ4v) is 2.26. The first-order chi connectivity index (χ1) is 9.31. The molecule has 0 radical (unpaired) electrons. The summed E-state index contributed by atoms with van der Waals surface area (Å²) in [6, 6.07) is 6.47. The van der Waals surface area contributed by atoms with Gasteiger partial charge in [0, 0.05) is 12.8 Å². The zero-order valence-electron chi connectivity index (χ0n) is 11.6. The van der Waals surface area contributed by atoms with Gasteiger partial charge in [0.05, 0.1) is 18.9 Å². The highest BCUT2D eigenvalue weighted by Gasteiger charge is 2.15. The van der Waals surface area contributed by atoms with Crippen molar-refractivity contribution in [2.45, 2.75) is 19.0 Å². The molecule has 0 aromatic heterocycles. The van der Waals surface area contributed by atoms with E-state index in [2.05, 4.69) is 5.32 Å². The Balaban J connectivity index is 2.46. The van der Waals surface area contributed by atoms with E-state index in [1.54, 1.807) is 7.11 Å². The van der Waals surface area contributed by atoms with Gasteiger partial charge < -0.3 is 15.8 Å². The van der Waals surface area contributed by atoms with Crippen LogP contribution in [0.5, 0.6) is 5.75 Å². The van der Waals surface area contributed by atoms with Crippen molar-refractivity contribution in [3.8, 4) is 5.75 Å². The number of hydrogen-bond acceptors (Lipinski definition) is 5. The Morgan fingerprint density at radius 2 is 2.15 bits per heavy atom. The monoisotopic (exact) mass is 300 g/mol. The van der Waals surface area contributed by atoms with E-state index in [-0.39, 0.29) is 18.1 Å². The minimum absolute atomic E-state index is 0.0965. The second kappa shape index (κ2) is 7.25. The first-order valence-corrected chi connectivity index (χ1v) is 8.22. The standard InChI is InChI=1S/C13H20N2O4S/c1-19-11-5-3-4-10(8-11)9-15-13(16)12(14)6-7-20(2,17)18/h3-5,8,12H,6-7,9,14H2,1-2H3,(H,15,16). The summed E-state index contributed by atoms with van der Waals surface area (Å²) in [4.78, 5) is 11.7. The van der Waals surface area contributed by atoms with Crippen molar-refractivity contribution >= 4 is 15.7 Å². The Kier molecular flexibility index (Phi) is 5.97. The van der Waals surface area contributed by atoms with Gasteiger partial charge in [0.1, 0.15) is 15.6 Å². The lowest BCUT2D eigenvalue weighted by Gasteiger charge is -2.12. The number of hydrogen-bond donors (Lipinski definition) is 2. The summed E-state index contributed by atoms with van der Waals surface area (Å²) >= 11 is 0. The molecule has 0 heterocycles. The second-order valence-corrected chi connectivity index (χ2v) is 6.85. The van der Waals surface area contributed by atoms with Crippen molar-refractivity contribution in [3.63, 3.8) is 0 Å². The average Bonchev–Trinajstić information content (AvgIpc) is 2.41. The third-order valence-corrected chi connectivity index (χ3v) is 3.71. The highest BCUT2D eigenvalue weighted by atomic mass is 32.2. The lowest BCUT2D eigenvalue weighted by molar-refractivity contribution is -0.122. The minimum Gasteiger partial charge on any atom is -0.497 e. The van der Waals surface area contributed by atoms with E-state index in [0.29, 0.717) is 12.3 Å². The van der Waals surface area contributed by atoms with E-state index >= 15 is 0 Å². The maximum absolute atomic E-state index is 11.7. The predicted molar refractivity (Wildman–Crippen MR) is 77.1 cm³/mol. The molecule has 1 atom stereocenters. The number of amides is 1. The highest BCUT2D eigenvalue weighted by Crippen LogP contribution is 2.12. The molecule has 7 heteroatoms. The van der Waals surface area contributed by atoms with Crippen LogP contribution in [-0.2, 0) is 21.2 Å². The largest absolute Gasteiger partial charge is 0.497 e. The SMILES string of the molecule is COc1cccc(CNC(=O)C(N)CCS(C)(=O)=O)c1. The molecule has 0 bridgehead atoms. The number of nitrogens with two attached hydrogens (primary N) is 1. The van der Waals surface area contributed by atoms with Crippen molar-refractivity contribution in [2.24, 2.45) is 5.73 Å². The number of carbonyl (C=O) groups excluding carboxylic acids is 1. The van der Waals surface area contributed by atoms with Crippen LogP contribution in [0, 0.1) is 0 Å². The van der Waals surface area contributed by atoms with Crippen LogP contribution in [0.25, 0.3) is 0 Å². The van der Waals surface area contributed by atoms with Crippen LogP contribution in [0.1, 0.15) is 12.0 Å². The van der Waals surface area contributed by atoms with Crippen molar-refractivity contribution in [1.82, 2.24) is 5.32 Å². The summed E-state index contributed by atoms with van der Waals surface area (Å²) in [7, 11) is -1.54. The highest BCUT2D eigenvalue weighted by molar-refractivity contribution is 7.90. The van der Waals surface area contributed by atoms with Gasteiger partial charge in [-0.3, -0.25) is 4.79 Å². The maximum atomic E-state index is 11.7. The molecule has 0 aliphatic rings. The molecular weight excluding hydrogens is 280 g/mol. The van der Waals surface area contributed by atoms with Gasteiger partial charge in [-0.2, -0.15) is 0 Å². The zero-order valence-corrected chi connectivity index (χ0v) is 12.4. The van der Waals surface area contributed by atoms with Gasteiger partial charge in [0.2, 0.25) is 5.91 Å². The van der Waals surface area contributed by atoms with Crippen LogP contribution < -0.4 is 15.8 Å². The van der Waals surface area contributed by atoms with E-state index in [9.17, 15) is 13.2 Å². The number of methoxy groups -OCH3 is 1. The molecule has 3 N–H and O–H groups in total.